The van der Waals surface area contributed by atoms with Gasteiger partial charge in [0, 0.05) is 13.1 Å². The molecule has 0 saturated heterocycles. The van der Waals surface area contributed by atoms with Gasteiger partial charge < -0.3 is 5.32 Å². The molecule has 0 radical (unpaired) electrons. The highest BCUT2D eigenvalue weighted by Crippen LogP contribution is 2.58. The molecular formula is C18H26ClN3O2S. The highest BCUT2D eigenvalue weighted by atomic mass is 35.5. The molecule has 0 aliphatic carbocycles. The van der Waals surface area contributed by atoms with E-state index >= 15 is 0 Å². The molecule has 3 rings (SSSR count). The maximum atomic E-state index is 11.0. The van der Waals surface area contributed by atoms with Crippen LogP contribution in [0.5, 0.6) is 0 Å². The van der Waals surface area contributed by atoms with Crippen molar-refractivity contribution in [1.29, 1.82) is 0 Å². The van der Waals surface area contributed by atoms with E-state index in [0.717, 1.165) is 35.5 Å². The third-order valence-corrected chi connectivity index (χ3v) is 6.15. The van der Waals surface area contributed by atoms with Crippen LogP contribution < -0.4 is 9.62 Å². The molecule has 0 spiro atoms. The Morgan fingerprint density at radius 2 is 1.76 bits per heavy atom. The summed E-state index contributed by atoms with van der Waals surface area (Å²) < 4.78 is 25.5. The second kappa shape index (κ2) is 8.40. The molecule has 0 saturated carbocycles. The molecule has 2 aromatic carbocycles. The Kier molecular flexibility index (Phi) is 6.73. The van der Waals surface area contributed by atoms with Gasteiger partial charge in [-0.3, -0.25) is 9.11 Å². The fourth-order valence-electron chi connectivity index (χ4n) is 2.96. The van der Waals surface area contributed by atoms with Crippen LogP contribution >= 0.6 is 23.4 Å². The number of fused-ring (bicyclic) bond motifs is 1. The van der Waals surface area contributed by atoms with E-state index in [1.54, 1.807) is 8.61 Å². The smallest absolute Gasteiger partial charge is 0.0686 e. The monoisotopic (exact) mass is 383 g/mol. The fourth-order valence-corrected chi connectivity index (χ4v) is 4.72. The number of benzene rings is 2. The molecule has 138 valence electrons. The Labute approximate surface area is 157 Å². The standard InChI is InChI=1S/C18H25N3O2S.ClH/c1-15-8-10-17(11-9-15)21-18-7-4-3-6-16(18)14-20(24(21,22)23)13-5-12-19-2;/h3-4,6-11,19,22-23H,5,12-14H2,1-2H3;1H. The summed E-state index contributed by atoms with van der Waals surface area (Å²) in [6.07, 6.45) is 0.857. The van der Waals surface area contributed by atoms with Gasteiger partial charge in [-0.15, -0.1) is 12.4 Å². The molecule has 25 heavy (non-hydrogen) atoms. The first-order chi connectivity index (χ1) is 11.5. The van der Waals surface area contributed by atoms with Gasteiger partial charge in [0.05, 0.1) is 11.4 Å². The summed E-state index contributed by atoms with van der Waals surface area (Å²) in [7, 11) is -1.18. The van der Waals surface area contributed by atoms with Crippen LogP contribution in [-0.4, -0.2) is 33.5 Å². The van der Waals surface area contributed by atoms with Crippen LogP contribution in [-0.2, 0) is 6.54 Å². The van der Waals surface area contributed by atoms with Crippen LogP contribution in [0.4, 0.5) is 11.4 Å². The van der Waals surface area contributed by atoms with Crippen molar-refractivity contribution in [2.24, 2.45) is 0 Å². The lowest BCUT2D eigenvalue weighted by Gasteiger charge is -2.54. The van der Waals surface area contributed by atoms with Crippen molar-refractivity contribution >= 4 is 34.7 Å². The average molecular weight is 384 g/mol. The topological polar surface area (TPSA) is 59.0 Å². The summed E-state index contributed by atoms with van der Waals surface area (Å²) in [4.78, 5) is 0. The normalized spacial score (nSPS) is 17.5. The zero-order chi connectivity index (χ0) is 17.2. The third-order valence-electron chi connectivity index (χ3n) is 4.25. The second-order valence-corrected chi connectivity index (χ2v) is 7.93. The average Bonchev–Trinajstić information content (AvgIpc) is 2.56. The largest absolute Gasteiger partial charge is 0.320 e. The number of hydrogen-bond donors (Lipinski definition) is 3. The van der Waals surface area contributed by atoms with Crippen LogP contribution in [0.25, 0.3) is 0 Å². The summed E-state index contributed by atoms with van der Waals surface area (Å²) in [5.74, 6) is 0. The molecule has 0 bridgehead atoms. The first-order valence-electron chi connectivity index (χ1n) is 8.17. The Morgan fingerprint density at radius 1 is 1.08 bits per heavy atom. The van der Waals surface area contributed by atoms with E-state index in [9.17, 15) is 9.11 Å². The molecule has 7 heteroatoms. The number of nitrogens with one attached hydrogen (secondary N) is 1. The van der Waals surface area contributed by atoms with Gasteiger partial charge in [0.2, 0.25) is 0 Å². The fraction of sp³-hybridized carbons (Fsp3) is 0.333. The van der Waals surface area contributed by atoms with Crippen molar-refractivity contribution in [3.05, 3.63) is 59.7 Å². The van der Waals surface area contributed by atoms with E-state index in [0.29, 0.717) is 13.1 Å². The molecule has 0 aromatic heterocycles. The van der Waals surface area contributed by atoms with Crippen molar-refractivity contribution in [1.82, 2.24) is 9.62 Å². The predicted molar refractivity (Wildman–Crippen MR) is 109 cm³/mol. The Bertz CT molecular complexity index is 697. The minimum absolute atomic E-state index is 0. The number of nitrogens with zero attached hydrogens (tertiary/aromatic N) is 2. The van der Waals surface area contributed by atoms with Gasteiger partial charge in [-0.25, -0.2) is 4.31 Å². The lowest BCUT2D eigenvalue weighted by atomic mass is 10.1. The van der Waals surface area contributed by atoms with Gasteiger partial charge in [0.1, 0.15) is 0 Å². The molecule has 1 aliphatic heterocycles. The predicted octanol–water partition coefficient (Wildman–Crippen LogP) is 4.56. The molecule has 0 atom stereocenters. The summed E-state index contributed by atoms with van der Waals surface area (Å²) in [5.41, 5.74) is 3.91. The molecule has 1 heterocycles. The first-order valence-corrected chi connectivity index (χ1v) is 9.63. The Hall–Kier alpha value is -1.28. The molecule has 2 aromatic rings. The van der Waals surface area contributed by atoms with Crippen molar-refractivity contribution in [2.75, 3.05) is 24.4 Å². The quantitative estimate of drug-likeness (QED) is 0.660. The van der Waals surface area contributed by atoms with Gasteiger partial charge in [0.15, 0.2) is 0 Å². The lowest BCUT2D eigenvalue weighted by Crippen LogP contribution is -2.42. The van der Waals surface area contributed by atoms with Gasteiger partial charge in [-0.1, -0.05) is 35.9 Å². The highest BCUT2D eigenvalue weighted by molar-refractivity contribution is 8.23. The molecule has 5 nitrogen and oxygen atoms in total. The minimum atomic E-state index is -3.09. The van der Waals surface area contributed by atoms with Crippen molar-refractivity contribution < 1.29 is 9.11 Å². The van der Waals surface area contributed by atoms with E-state index in [-0.39, 0.29) is 12.4 Å². The van der Waals surface area contributed by atoms with Crippen molar-refractivity contribution in [3.63, 3.8) is 0 Å². The van der Waals surface area contributed by atoms with Gasteiger partial charge in [-0.05, 0) is 61.7 Å². The SMILES string of the molecule is CNCCCN1Cc2ccccc2N(c2ccc(C)cc2)S1(O)O.Cl. The first kappa shape index (κ1) is 20.0. The van der Waals surface area contributed by atoms with Crippen LogP contribution in [0, 0.1) is 6.92 Å². The lowest BCUT2D eigenvalue weighted by molar-refractivity contribution is 0.331. The van der Waals surface area contributed by atoms with Crippen LogP contribution in [0.2, 0.25) is 0 Å². The maximum absolute atomic E-state index is 11.0. The van der Waals surface area contributed by atoms with Crippen molar-refractivity contribution in [2.45, 2.75) is 19.9 Å². The van der Waals surface area contributed by atoms with E-state index in [4.69, 9.17) is 0 Å². The molecule has 3 N–H and O–H groups in total. The third kappa shape index (κ3) is 4.11. The molecule has 0 unspecified atom stereocenters. The van der Waals surface area contributed by atoms with E-state index in [2.05, 4.69) is 11.4 Å². The number of anilines is 2. The zero-order valence-electron chi connectivity index (χ0n) is 14.6. The van der Waals surface area contributed by atoms with Gasteiger partial charge in [0.25, 0.3) is 0 Å². The highest BCUT2D eigenvalue weighted by Gasteiger charge is 2.37. The maximum Gasteiger partial charge on any atom is 0.0686 e. The van der Waals surface area contributed by atoms with E-state index < -0.39 is 11.0 Å². The van der Waals surface area contributed by atoms with E-state index in [1.165, 1.54) is 0 Å². The molecular weight excluding hydrogens is 358 g/mol. The second-order valence-electron chi connectivity index (χ2n) is 6.07. The summed E-state index contributed by atoms with van der Waals surface area (Å²) in [6, 6.07) is 15.8. The van der Waals surface area contributed by atoms with Crippen LogP contribution in [0.3, 0.4) is 0 Å². The number of aryl methyl sites for hydroxylation is 1. The van der Waals surface area contributed by atoms with Crippen LogP contribution in [0.15, 0.2) is 48.5 Å². The summed E-state index contributed by atoms with van der Waals surface area (Å²) in [6.45, 7) is 4.04. The van der Waals surface area contributed by atoms with Gasteiger partial charge >= 0.3 is 0 Å². The summed E-state index contributed by atoms with van der Waals surface area (Å²) in [5, 5.41) is 3.11. The molecule has 0 fully saturated rings. The summed E-state index contributed by atoms with van der Waals surface area (Å²) >= 11 is 0. The number of hydrogen-bond acceptors (Lipinski definition) is 5. The molecule has 0 amide bonds. The number of para-hydroxylation sites is 1. The number of halogens is 1. The van der Waals surface area contributed by atoms with E-state index in [1.807, 2.05) is 56.4 Å². The zero-order valence-corrected chi connectivity index (χ0v) is 16.2. The Balaban J connectivity index is 0.00000225. The Morgan fingerprint density at radius 3 is 2.44 bits per heavy atom. The minimum Gasteiger partial charge on any atom is -0.320 e. The van der Waals surface area contributed by atoms with Crippen molar-refractivity contribution in [3.8, 4) is 0 Å². The van der Waals surface area contributed by atoms with Gasteiger partial charge in [-0.2, -0.15) is 4.31 Å². The van der Waals surface area contributed by atoms with Crippen LogP contribution in [0.1, 0.15) is 17.5 Å². The molecule has 1 aliphatic rings. The number of rotatable bonds is 5.